The number of H-pyrrole nitrogens is 1. The van der Waals surface area contributed by atoms with Gasteiger partial charge in [-0.05, 0) is 18.6 Å². The van der Waals surface area contributed by atoms with Crippen LogP contribution in [0.25, 0.3) is 0 Å². The van der Waals surface area contributed by atoms with Crippen molar-refractivity contribution in [3.8, 4) is 0 Å². The van der Waals surface area contributed by atoms with Crippen LogP contribution in [0.5, 0.6) is 0 Å². The summed E-state index contributed by atoms with van der Waals surface area (Å²) in [5.41, 5.74) is 1.43. The highest BCUT2D eigenvalue weighted by molar-refractivity contribution is 5.80. The van der Waals surface area contributed by atoms with E-state index in [-0.39, 0.29) is 18.8 Å². The molecule has 0 saturated heterocycles. The number of fused-ring (bicyclic) bond motifs is 1. The van der Waals surface area contributed by atoms with E-state index in [0.717, 1.165) is 0 Å². The van der Waals surface area contributed by atoms with E-state index in [1.807, 2.05) is 0 Å². The van der Waals surface area contributed by atoms with Crippen LogP contribution < -0.4 is 5.56 Å². The normalized spacial score (nSPS) is 19.6. The molecular weight excluding hydrogens is 198 g/mol. The number of aromatic amines is 1. The maximum absolute atomic E-state index is 11.5. The second-order valence-corrected chi connectivity index (χ2v) is 3.56. The number of hydrogen-bond donors (Lipinski definition) is 2. The average Bonchev–Trinajstić information content (AvgIpc) is 2.17. The molecule has 1 unspecified atom stereocenters. The highest BCUT2D eigenvalue weighted by Crippen LogP contribution is 2.25. The van der Waals surface area contributed by atoms with Gasteiger partial charge < -0.3 is 14.8 Å². The first-order valence-corrected chi connectivity index (χ1v) is 4.63. The lowest BCUT2D eigenvalue weighted by atomic mass is 9.94. The number of carbonyl (C=O) groups excluding carboxylic acids is 1. The number of aliphatic hydroxyl groups excluding tert-OH is 1. The summed E-state index contributed by atoms with van der Waals surface area (Å²) in [4.78, 5) is 25.5. The van der Waals surface area contributed by atoms with Crippen molar-refractivity contribution in [2.75, 3.05) is 6.61 Å². The van der Waals surface area contributed by atoms with Crippen LogP contribution in [0.2, 0.25) is 0 Å². The van der Waals surface area contributed by atoms with Gasteiger partial charge in [0.05, 0.1) is 12.2 Å². The molecule has 0 spiro atoms. The number of carbonyl (C=O) groups is 1. The van der Waals surface area contributed by atoms with E-state index in [1.165, 1.54) is 0 Å². The van der Waals surface area contributed by atoms with E-state index in [2.05, 4.69) is 4.98 Å². The average molecular weight is 209 g/mol. The quantitative estimate of drug-likeness (QED) is 0.628. The summed E-state index contributed by atoms with van der Waals surface area (Å²) < 4.78 is 4.81. The summed E-state index contributed by atoms with van der Waals surface area (Å²) in [6, 6.07) is 1.71. The van der Waals surface area contributed by atoms with Gasteiger partial charge in [-0.2, -0.15) is 0 Å². The lowest BCUT2D eigenvalue weighted by Gasteiger charge is -2.22. The molecule has 1 aliphatic heterocycles. The van der Waals surface area contributed by atoms with E-state index < -0.39 is 11.9 Å². The number of nitrogens with one attached hydrogen (secondary N) is 1. The van der Waals surface area contributed by atoms with E-state index >= 15 is 0 Å². The van der Waals surface area contributed by atoms with Crippen LogP contribution in [0, 0.1) is 6.92 Å². The van der Waals surface area contributed by atoms with Gasteiger partial charge in [0.15, 0.2) is 0 Å². The minimum atomic E-state index is -0.727. The smallest absolute Gasteiger partial charge is 0.316 e. The Morgan fingerprint density at radius 3 is 3.00 bits per heavy atom. The Balaban J connectivity index is 2.62. The second-order valence-electron chi connectivity index (χ2n) is 3.56. The fraction of sp³-hybridized carbons (Fsp3) is 0.400. The van der Waals surface area contributed by atoms with Gasteiger partial charge in [0.25, 0.3) is 5.56 Å². The Kier molecular flexibility index (Phi) is 2.32. The predicted molar refractivity (Wildman–Crippen MR) is 51.4 cm³/mol. The molecular formula is C10H11NO4. The predicted octanol–water partition coefficient (Wildman–Crippen LogP) is -0.184. The number of aliphatic hydroxyl groups is 1. The molecule has 2 N–H and O–H groups in total. The van der Waals surface area contributed by atoms with Gasteiger partial charge in [-0.25, -0.2) is 0 Å². The number of aryl methyl sites for hydroxylation is 1. The zero-order valence-electron chi connectivity index (χ0n) is 8.24. The Bertz CT molecular complexity index is 463. The molecule has 0 bridgehead atoms. The largest absolute Gasteiger partial charge is 0.460 e. The summed E-state index contributed by atoms with van der Waals surface area (Å²) in [7, 11) is 0. The van der Waals surface area contributed by atoms with Crippen LogP contribution >= 0.6 is 0 Å². The molecule has 0 amide bonds. The molecule has 15 heavy (non-hydrogen) atoms. The Morgan fingerprint density at radius 2 is 2.33 bits per heavy atom. The molecule has 1 aromatic rings. The standard InChI is InChI=1S/C10H11NO4/c1-5-2-6-7(3-12)10(14)15-4-8(6)9(13)11-5/h2,7,12H,3-4H2,1H3,(H,11,13). The summed E-state index contributed by atoms with van der Waals surface area (Å²) in [5, 5.41) is 9.08. The van der Waals surface area contributed by atoms with Crippen molar-refractivity contribution in [3.05, 3.63) is 33.2 Å². The Labute approximate surface area is 85.7 Å². The Morgan fingerprint density at radius 1 is 1.60 bits per heavy atom. The van der Waals surface area contributed by atoms with Crippen molar-refractivity contribution >= 4 is 5.97 Å². The van der Waals surface area contributed by atoms with Crippen LogP contribution in [0.15, 0.2) is 10.9 Å². The van der Waals surface area contributed by atoms with Crippen molar-refractivity contribution in [2.24, 2.45) is 0 Å². The summed E-state index contributed by atoms with van der Waals surface area (Å²) in [5.74, 6) is -1.20. The van der Waals surface area contributed by atoms with Crippen molar-refractivity contribution < 1.29 is 14.6 Å². The monoisotopic (exact) mass is 209 g/mol. The molecule has 0 aromatic carbocycles. The fourth-order valence-corrected chi connectivity index (χ4v) is 1.75. The van der Waals surface area contributed by atoms with Gasteiger partial charge in [0.1, 0.15) is 12.5 Å². The molecule has 0 aliphatic carbocycles. The zero-order chi connectivity index (χ0) is 11.0. The fourth-order valence-electron chi connectivity index (χ4n) is 1.75. The maximum Gasteiger partial charge on any atom is 0.316 e. The molecule has 2 heterocycles. The molecule has 1 aromatic heterocycles. The van der Waals surface area contributed by atoms with E-state index in [4.69, 9.17) is 9.84 Å². The molecule has 2 rings (SSSR count). The lowest BCUT2D eigenvalue weighted by molar-refractivity contribution is -0.149. The van der Waals surface area contributed by atoms with Crippen LogP contribution in [0.1, 0.15) is 22.7 Å². The first kappa shape index (κ1) is 9.92. The van der Waals surface area contributed by atoms with Crippen molar-refractivity contribution in [3.63, 3.8) is 0 Å². The molecule has 5 nitrogen and oxygen atoms in total. The highest BCUT2D eigenvalue weighted by atomic mass is 16.5. The van der Waals surface area contributed by atoms with E-state index in [9.17, 15) is 9.59 Å². The molecule has 0 radical (unpaired) electrons. The molecule has 0 fully saturated rings. The first-order valence-electron chi connectivity index (χ1n) is 4.63. The minimum absolute atomic E-state index is 0.0136. The van der Waals surface area contributed by atoms with Crippen molar-refractivity contribution in [2.45, 2.75) is 19.4 Å². The third-order valence-corrected chi connectivity index (χ3v) is 2.51. The van der Waals surface area contributed by atoms with Gasteiger partial charge in [-0.3, -0.25) is 9.59 Å². The molecule has 80 valence electrons. The van der Waals surface area contributed by atoms with Crippen LogP contribution in [-0.2, 0) is 16.1 Å². The maximum atomic E-state index is 11.5. The topological polar surface area (TPSA) is 79.4 Å². The number of hydrogen-bond acceptors (Lipinski definition) is 4. The van der Waals surface area contributed by atoms with Gasteiger partial charge in [-0.1, -0.05) is 0 Å². The molecule has 5 heteroatoms. The third-order valence-electron chi connectivity index (χ3n) is 2.51. The van der Waals surface area contributed by atoms with Gasteiger partial charge >= 0.3 is 5.97 Å². The number of ether oxygens (including phenoxy) is 1. The van der Waals surface area contributed by atoms with Crippen LogP contribution in [0.3, 0.4) is 0 Å². The van der Waals surface area contributed by atoms with Crippen molar-refractivity contribution in [1.29, 1.82) is 0 Å². The van der Waals surface area contributed by atoms with Gasteiger partial charge in [-0.15, -0.1) is 0 Å². The molecule has 0 saturated carbocycles. The summed E-state index contributed by atoms with van der Waals surface area (Å²) >= 11 is 0. The number of aromatic nitrogens is 1. The highest BCUT2D eigenvalue weighted by Gasteiger charge is 2.30. The van der Waals surface area contributed by atoms with Gasteiger partial charge in [0.2, 0.25) is 0 Å². The van der Waals surface area contributed by atoms with Crippen LogP contribution in [0.4, 0.5) is 0 Å². The second kappa shape index (κ2) is 3.51. The molecule has 1 aliphatic rings. The zero-order valence-corrected chi connectivity index (χ0v) is 8.24. The lowest BCUT2D eigenvalue weighted by Crippen LogP contribution is -2.31. The summed E-state index contributed by atoms with van der Waals surface area (Å²) in [6.07, 6.45) is 0. The number of esters is 1. The number of rotatable bonds is 1. The van der Waals surface area contributed by atoms with Gasteiger partial charge in [0, 0.05) is 5.69 Å². The number of pyridine rings is 1. The number of cyclic esters (lactones) is 1. The SMILES string of the molecule is Cc1cc2c(c(=O)[nH]1)COC(=O)C2CO. The van der Waals surface area contributed by atoms with Crippen molar-refractivity contribution in [1.82, 2.24) is 4.98 Å². The van der Waals surface area contributed by atoms with E-state index in [1.54, 1.807) is 13.0 Å². The van der Waals surface area contributed by atoms with E-state index in [0.29, 0.717) is 16.8 Å². The minimum Gasteiger partial charge on any atom is -0.460 e. The molecule has 1 atom stereocenters. The first-order chi connectivity index (χ1) is 7.13. The summed E-state index contributed by atoms with van der Waals surface area (Å²) in [6.45, 7) is 1.38. The third kappa shape index (κ3) is 1.55. The van der Waals surface area contributed by atoms with Crippen LogP contribution in [-0.4, -0.2) is 22.7 Å². The Hall–Kier alpha value is -1.62.